The maximum atomic E-state index is 11.5. The van der Waals surface area contributed by atoms with E-state index in [0.29, 0.717) is 31.7 Å². The third kappa shape index (κ3) is 10.7. The van der Waals surface area contributed by atoms with Gasteiger partial charge in [0.1, 0.15) is 0 Å². The fraction of sp³-hybridized carbons (Fsp3) is 0.769. The Morgan fingerprint density at radius 3 is 2.30 bits per heavy atom. The van der Waals surface area contributed by atoms with E-state index in [1.54, 1.807) is 0 Å². The summed E-state index contributed by atoms with van der Waals surface area (Å²) in [6, 6.07) is 0. The second kappa shape index (κ2) is 9.63. The molecule has 0 spiro atoms. The Balaban J connectivity index is 3.50. The van der Waals surface area contributed by atoms with Crippen molar-refractivity contribution >= 4 is 29.5 Å². The van der Waals surface area contributed by atoms with E-state index in [0.717, 1.165) is 0 Å². The molecule has 0 aliphatic heterocycles. The molecule has 0 saturated carbocycles. The summed E-state index contributed by atoms with van der Waals surface area (Å²) in [6.45, 7) is 6.46. The standard InChI is InChI=1S/C13H24N2O4S/c1-13(2,3)12(19)15-6-4-5-10(16)14-7-8-20-9-11(17)18/h4-9H2,1-3H3,(H,14,16)(H,15,19)(H,17,18). The molecule has 0 aliphatic carbocycles. The van der Waals surface area contributed by atoms with Crippen LogP contribution in [0.2, 0.25) is 0 Å². The molecule has 116 valence electrons. The first kappa shape index (κ1) is 18.8. The summed E-state index contributed by atoms with van der Waals surface area (Å²) in [5.41, 5.74) is -0.413. The molecular formula is C13H24N2O4S. The van der Waals surface area contributed by atoms with Crippen molar-refractivity contribution in [3.05, 3.63) is 0 Å². The van der Waals surface area contributed by atoms with E-state index in [2.05, 4.69) is 10.6 Å². The molecule has 0 radical (unpaired) electrons. The molecule has 2 amide bonds. The summed E-state index contributed by atoms with van der Waals surface area (Å²) in [5, 5.41) is 13.9. The molecule has 0 unspecified atom stereocenters. The van der Waals surface area contributed by atoms with Gasteiger partial charge < -0.3 is 15.7 Å². The Labute approximate surface area is 124 Å². The van der Waals surface area contributed by atoms with Crippen LogP contribution < -0.4 is 10.6 Å². The SMILES string of the molecule is CC(C)(C)C(=O)NCCCC(=O)NCCSCC(=O)O. The summed E-state index contributed by atoms with van der Waals surface area (Å²) in [7, 11) is 0. The van der Waals surface area contributed by atoms with Crippen LogP contribution >= 0.6 is 11.8 Å². The average Bonchev–Trinajstić information content (AvgIpc) is 2.32. The van der Waals surface area contributed by atoms with Gasteiger partial charge in [0.15, 0.2) is 0 Å². The lowest BCUT2D eigenvalue weighted by atomic mass is 9.96. The number of rotatable bonds is 9. The van der Waals surface area contributed by atoms with Crippen molar-refractivity contribution in [2.45, 2.75) is 33.6 Å². The molecule has 0 saturated heterocycles. The minimum Gasteiger partial charge on any atom is -0.481 e. The van der Waals surface area contributed by atoms with Crippen LogP contribution in [-0.2, 0) is 14.4 Å². The number of aliphatic carboxylic acids is 1. The highest BCUT2D eigenvalue weighted by molar-refractivity contribution is 7.99. The lowest BCUT2D eigenvalue weighted by Gasteiger charge is -2.17. The maximum absolute atomic E-state index is 11.5. The molecule has 0 rings (SSSR count). The van der Waals surface area contributed by atoms with Gasteiger partial charge in [-0.2, -0.15) is 0 Å². The lowest BCUT2D eigenvalue weighted by molar-refractivity contribution is -0.134. The van der Waals surface area contributed by atoms with Gasteiger partial charge in [-0.3, -0.25) is 14.4 Å². The number of nitrogens with one attached hydrogen (secondary N) is 2. The van der Waals surface area contributed by atoms with Crippen molar-refractivity contribution in [1.82, 2.24) is 10.6 Å². The Hall–Kier alpha value is -1.24. The number of carbonyl (C=O) groups is 3. The Morgan fingerprint density at radius 1 is 1.10 bits per heavy atom. The number of carboxylic acids is 1. The lowest BCUT2D eigenvalue weighted by Crippen LogP contribution is -2.35. The van der Waals surface area contributed by atoms with Gasteiger partial charge in [-0.05, 0) is 6.42 Å². The van der Waals surface area contributed by atoms with Gasteiger partial charge in [0.05, 0.1) is 5.75 Å². The van der Waals surface area contributed by atoms with Crippen molar-refractivity contribution in [3.63, 3.8) is 0 Å². The molecule has 0 fully saturated rings. The first-order chi connectivity index (χ1) is 9.23. The van der Waals surface area contributed by atoms with Crippen LogP contribution in [0.3, 0.4) is 0 Å². The first-order valence-electron chi connectivity index (χ1n) is 6.58. The van der Waals surface area contributed by atoms with Crippen molar-refractivity contribution in [3.8, 4) is 0 Å². The second-order valence-corrected chi connectivity index (χ2v) is 6.51. The summed E-state index contributed by atoms with van der Waals surface area (Å²) in [5.74, 6) is -0.321. The van der Waals surface area contributed by atoms with Gasteiger partial charge >= 0.3 is 5.97 Å². The van der Waals surface area contributed by atoms with E-state index in [1.165, 1.54) is 11.8 Å². The maximum Gasteiger partial charge on any atom is 0.313 e. The number of hydrogen-bond donors (Lipinski definition) is 3. The molecule has 20 heavy (non-hydrogen) atoms. The minimum atomic E-state index is -0.851. The Bertz CT molecular complexity index is 340. The largest absolute Gasteiger partial charge is 0.481 e. The zero-order valence-corrected chi connectivity index (χ0v) is 13.1. The van der Waals surface area contributed by atoms with E-state index in [1.807, 2.05) is 20.8 Å². The van der Waals surface area contributed by atoms with Crippen molar-refractivity contribution < 1.29 is 19.5 Å². The molecule has 0 heterocycles. The quantitative estimate of drug-likeness (QED) is 0.549. The number of thioether (sulfide) groups is 1. The Kier molecular flexibility index (Phi) is 9.03. The fourth-order valence-corrected chi connectivity index (χ4v) is 1.79. The molecular weight excluding hydrogens is 280 g/mol. The van der Waals surface area contributed by atoms with E-state index >= 15 is 0 Å². The van der Waals surface area contributed by atoms with Crippen molar-refractivity contribution in [2.24, 2.45) is 5.41 Å². The fourth-order valence-electron chi connectivity index (χ4n) is 1.23. The molecule has 0 atom stereocenters. The highest BCUT2D eigenvalue weighted by Crippen LogP contribution is 2.12. The topological polar surface area (TPSA) is 95.5 Å². The van der Waals surface area contributed by atoms with Crippen LogP contribution in [0.4, 0.5) is 0 Å². The van der Waals surface area contributed by atoms with Crippen LogP contribution in [0, 0.1) is 5.41 Å². The van der Waals surface area contributed by atoms with Crippen LogP contribution in [0.5, 0.6) is 0 Å². The third-order valence-electron chi connectivity index (χ3n) is 2.34. The van der Waals surface area contributed by atoms with E-state index in [-0.39, 0.29) is 17.6 Å². The second-order valence-electron chi connectivity index (χ2n) is 5.41. The summed E-state index contributed by atoms with van der Waals surface area (Å²) < 4.78 is 0. The van der Waals surface area contributed by atoms with Crippen LogP contribution in [0.25, 0.3) is 0 Å². The summed E-state index contributed by atoms with van der Waals surface area (Å²) in [4.78, 5) is 33.2. The molecule has 3 N–H and O–H groups in total. The van der Waals surface area contributed by atoms with Gasteiger partial charge in [-0.25, -0.2) is 0 Å². The monoisotopic (exact) mass is 304 g/mol. The van der Waals surface area contributed by atoms with Gasteiger partial charge in [0.2, 0.25) is 11.8 Å². The molecule has 0 aromatic rings. The van der Waals surface area contributed by atoms with Gasteiger partial charge in [0, 0.05) is 30.7 Å². The zero-order valence-electron chi connectivity index (χ0n) is 12.3. The number of carbonyl (C=O) groups excluding carboxylic acids is 2. The molecule has 7 heteroatoms. The smallest absolute Gasteiger partial charge is 0.313 e. The van der Waals surface area contributed by atoms with Gasteiger partial charge in [-0.15, -0.1) is 11.8 Å². The Morgan fingerprint density at radius 2 is 1.75 bits per heavy atom. The zero-order chi connectivity index (χ0) is 15.6. The highest BCUT2D eigenvalue weighted by atomic mass is 32.2. The third-order valence-corrected chi connectivity index (χ3v) is 3.29. The molecule has 0 aromatic carbocycles. The summed E-state index contributed by atoms with van der Waals surface area (Å²) >= 11 is 1.27. The molecule has 0 aromatic heterocycles. The van der Waals surface area contributed by atoms with Crippen molar-refractivity contribution in [2.75, 3.05) is 24.6 Å². The van der Waals surface area contributed by atoms with Crippen LogP contribution in [0.1, 0.15) is 33.6 Å². The van der Waals surface area contributed by atoms with E-state index in [4.69, 9.17) is 5.11 Å². The van der Waals surface area contributed by atoms with Gasteiger partial charge in [0.25, 0.3) is 0 Å². The normalized spacial score (nSPS) is 10.9. The van der Waals surface area contributed by atoms with Crippen LogP contribution in [-0.4, -0.2) is 47.5 Å². The molecule has 0 aliphatic rings. The predicted octanol–water partition coefficient (Wildman–Crippen LogP) is 0.863. The van der Waals surface area contributed by atoms with Gasteiger partial charge in [-0.1, -0.05) is 20.8 Å². The predicted molar refractivity (Wildman–Crippen MR) is 79.7 cm³/mol. The number of amides is 2. The van der Waals surface area contributed by atoms with Crippen LogP contribution in [0.15, 0.2) is 0 Å². The minimum absolute atomic E-state index is 0.0250. The average molecular weight is 304 g/mol. The van der Waals surface area contributed by atoms with E-state index in [9.17, 15) is 14.4 Å². The summed E-state index contributed by atoms with van der Waals surface area (Å²) in [6.07, 6.45) is 0.948. The number of hydrogen-bond acceptors (Lipinski definition) is 4. The highest BCUT2D eigenvalue weighted by Gasteiger charge is 2.20. The van der Waals surface area contributed by atoms with Crippen molar-refractivity contribution in [1.29, 1.82) is 0 Å². The first-order valence-corrected chi connectivity index (χ1v) is 7.73. The van der Waals surface area contributed by atoms with E-state index < -0.39 is 11.4 Å². The molecule has 0 bridgehead atoms. The number of carboxylic acid groups (broad SMARTS) is 1. The molecule has 6 nitrogen and oxygen atoms in total.